The van der Waals surface area contributed by atoms with Gasteiger partial charge in [0.15, 0.2) is 0 Å². The third kappa shape index (κ3) is 6.66. The molecule has 0 atom stereocenters. The molecule has 5 rings (SSSR count). The lowest BCUT2D eigenvalue weighted by Crippen LogP contribution is -2.48. The van der Waals surface area contributed by atoms with Crippen LogP contribution >= 0.6 is 11.8 Å². The first-order valence-electron chi connectivity index (χ1n) is 14.1. The number of carbonyl (C=O) groups is 2. The number of hydrogen-bond donors (Lipinski definition) is 1. The van der Waals surface area contributed by atoms with Crippen molar-refractivity contribution in [2.75, 3.05) is 50.7 Å². The number of hydrogen-bond acceptors (Lipinski definition) is 5. The van der Waals surface area contributed by atoms with Gasteiger partial charge in [-0.1, -0.05) is 66.7 Å². The number of anilines is 1. The van der Waals surface area contributed by atoms with Crippen LogP contribution in [-0.2, 0) is 11.3 Å². The van der Waals surface area contributed by atoms with E-state index in [1.165, 1.54) is 22.9 Å². The topological polar surface area (TPSA) is 55.9 Å². The van der Waals surface area contributed by atoms with Crippen LogP contribution in [0.3, 0.4) is 0 Å². The van der Waals surface area contributed by atoms with Crippen LogP contribution in [0.1, 0.15) is 39.5 Å². The molecule has 1 N–H and O–H groups in total. The first kappa shape index (κ1) is 28.1. The summed E-state index contributed by atoms with van der Waals surface area (Å²) in [5, 5.41) is 3.05. The molecule has 0 aliphatic carbocycles. The fourth-order valence-corrected chi connectivity index (χ4v) is 6.26. The summed E-state index contributed by atoms with van der Waals surface area (Å²) in [7, 11) is 0. The molecule has 40 heavy (non-hydrogen) atoms. The molecule has 208 valence electrons. The Bertz CT molecular complexity index is 1390. The van der Waals surface area contributed by atoms with Crippen LogP contribution in [0.15, 0.2) is 76.5 Å². The van der Waals surface area contributed by atoms with Gasteiger partial charge in [-0.3, -0.25) is 14.5 Å². The van der Waals surface area contributed by atoms with Crippen molar-refractivity contribution >= 4 is 35.3 Å². The van der Waals surface area contributed by atoms with Gasteiger partial charge in [-0.15, -0.1) is 0 Å². The molecule has 0 aromatic heterocycles. The number of aryl methyl sites for hydroxylation is 2. The monoisotopic (exact) mass is 554 g/mol. The van der Waals surface area contributed by atoms with Gasteiger partial charge in [0.2, 0.25) is 0 Å². The highest BCUT2D eigenvalue weighted by Crippen LogP contribution is 2.42. The van der Waals surface area contributed by atoms with Crippen LogP contribution in [0.5, 0.6) is 0 Å². The molecule has 1 fully saturated rings. The van der Waals surface area contributed by atoms with Gasteiger partial charge in [0.25, 0.3) is 11.8 Å². The quantitative estimate of drug-likeness (QED) is 0.381. The average molecular weight is 555 g/mol. The summed E-state index contributed by atoms with van der Waals surface area (Å²) in [5.41, 5.74) is 5.97. The number of benzene rings is 3. The average Bonchev–Trinajstić information content (AvgIpc) is 2.97. The van der Waals surface area contributed by atoms with E-state index < -0.39 is 0 Å². The fourth-order valence-electron chi connectivity index (χ4n) is 5.20. The maximum Gasteiger partial charge on any atom is 0.265 e. The lowest BCUT2D eigenvalue weighted by Gasteiger charge is -2.33. The van der Waals surface area contributed by atoms with E-state index in [-0.39, 0.29) is 11.8 Å². The third-order valence-corrected chi connectivity index (χ3v) is 8.84. The number of rotatable bonds is 8. The van der Waals surface area contributed by atoms with Crippen LogP contribution in [0.2, 0.25) is 0 Å². The van der Waals surface area contributed by atoms with Gasteiger partial charge in [0.1, 0.15) is 0 Å². The standard InChI is InChI=1S/C33H38N4O2S/c1-4-35-17-19-36(20-18-35)16-15-34-32(38)27-13-11-26(12-14-27)22-31-33(39)37(29-7-5-6-8-30(29)40-31)23-28-21-24(2)9-10-25(28)3/h5-14,21-22H,4,15-20,23H2,1-3H3,(H,34,38). The van der Waals surface area contributed by atoms with Gasteiger partial charge in [0.05, 0.1) is 17.1 Å². The van der Waals surface area contributed by atoms with Gasteiger partial charge >= 0.3 is 0 Å². The van der Waals surface area contributed by atoms with Crippen LogP contribution in [0.4, 0.5) is 5.69 Å². The van der Waals surface area contributed by atoms with Gasteiger partial charge < -0.3 is 15.1 Å². The summed E-state index contributed by atoms with van der Waals surface area (Å²) in [5.74, 6) is -0.0747. The minimum Gasteiger partial charge on any atom is -0.351 e. The highest BCUT2D eigenvalue weighted by atomic mass is 32.2. The molecule has 3 aromatic rings. The molecular weight excluding hydrogens is 516 g/mol. The van der Waals surface area contributed by atoms with Crippen molar-refractivity contribution in [1.29, 1.82) is 0 Å². The zero-order valence-corrected chi connectivity index (χ0v) is 24.5. The second-order valence-corrected chi connectivity index (χ2v) is 11.6. The molecule has 0 radical (unpaired) electrons. The third-order valence-electron chi connectivity index (χ3n) is 7.76. The lowest BCUT2D eigenvalue weighted by atomic mass is 10.0. The smallest absolute Gasteiger partial charge is 0.265 e. The Labute approximate surface area is 242 Å². The minimum atomic E-state index is -0.0665. The molecule has 2 heterocycles. The number of likely N-dealkylation sites (N-methyl/N-ethyl adjacent to an activating group) is 1. The van der Waals surface area contributed by atoms with Crippen molar-refractivity contribution in [1.82, 2.24) is 15.1 Å². The molecule has 7 heteroatoms. The molecule has 0 saturated carbocycles. The van der Waals surface area contributed by atoms with Crippen LogP contribution in [0, 0.1) is 13.8 Å². The van der Waals surface area contributed by atoms with E-state index in [4.69, 9.17) is 0 Å². The van der Waals surface area contributed by atoms with E-state index in [0.29, 0.717) is 23.6 Å². The highest BCUT2D eigenvalue weighted by molar-refractivity contribution is 8.04. The molecular formula is C33H38N4O2S. The van der Waals surface area contributed by atoms with Crippen LogP contribution in [0.25, 0.3) is 6.08 Å². The zero-order valence-electron chi connectivity index (χ0n) is 23.7. The molecule has 0 unspecified atom stereocenters. The molecule has 0 bridgehead atoms. The molecule has 1 saturated heterocycles. The Kier molecular flexibility index (Phi) is 9.04. The molecule has 2 aliphatic heterocycles. The Morgan fingerprint density at radius 1 is 0.950 bits per heavy atom. The van der Waals surface area contributed by atoms with Gasteiger partial charge in [-0.2, -0.15) is 0 Å². The van der Waals surface area contributed by atoms with Crippen molar-refractivity contribution in [3.8, 4) is 0 Å². The van der Waals surface area contributed by atoms with Crippen LogP contribution in [-0.4, -0.2) is 67.4 Å². The summed E-state index contributed by atoms with van der Waals surface area (Å²) in [6.07, 6.45) is 1.93. The Balaban J connectivity index is 1.25. The predicted octanol–water partition coefficient (Wildman–Crippen LogP) is 5.35. The van der Waals surface area contributed by atoms with Gasteiger partial charge in [0, 0.05) is 49.7 Å². The first-order valence-corrected chi connectivity index (χ1v) is 14.9. The zero-order chi connectivity index (χ0) is 28.1. The number of piperazine rings is 1. The summed E-state index contributed by atoms with van der Waals surface area (Å²) in [4.78, 5) is 34.9. The predicted molar refractivity (Wildman–Crippen MR) is 165 cm³/mol. The Morgan fingerprint density at radius 3 is 2.42 bits per heavy atom. The first-order chi connectivity index (χ1) is 19.4. The number of nitrogens with zero attached hydrogens (tertiary/aromatic N) is 3. The summed E-state index contributed by atoms with van der Waals surface area (Å²) >= 11 is 1.50. The lowest BCUT2D eigenvalue weighted by molar-refractivity contribution is -0.114. The largest absolute Gasteiger partial charge is 0.351 e. The number of nitrogens with one attached hydrogen (secondary N) is 1. The van der Waals surface area contributed by atoms with Gasteiger partial charge in [-0.25, -0.2) is 0 Å². The SMILES string of the molecule is CCN1CCN(CCNC(=O)c2ccc(C=C3Sc4ccccc4N(Cc4cc(C)ccc4C)C3=O)cc2)CC1. The Hall–Kier alpha value is -3.39. The van der Waals surface area contributed by atoms with E-state index in [1.54, 1.807) is 0 Å². The molecule has 3 aromatic carbocycles. The van der Waals surface area contributed by atoms with Crippen molar-refractivity contribution in [2.24, 2.45) is 0 Å². The molecule has 2 amide bonds. The minimum absolute atomic E-state index is 0.00815. The van der Waals surface area contributed by atoms with E-state index in [9.17, 15) is 9.59 Å². The summed E-state index contributed by atoms with van der Waals surface area (Å²) in [6, 6.07) is 21.9. The maximum absolute atomic E-state index is 13.7. The molecule has 0 spiro atoms. The number of amides is 2. The van der Waals surface area contributed by atoms with E-state index in [0.717, 1.165) is 61.0 Å². The van der Waals surface area contributed by atoms with Crippen molar-refractivity contribution < 1.29 is 9.59 Å². The van der Waals surface area contributed by atoms with E-state index in [1.807, 2.05) is 53.4 Å². The van der Waals surface area contributed by atoms with Gasteiger partial charge in [-0.05, 0) is 67.4 Å². The number of carbonyl (C=O) groups excluding carboxylic acids is 2. The summed E-state index contributed by atoms with van der Waals surface area (Å²) in [6.45, 7) is 13.8. The Morgan fingerprint density at radius 2 is 1.68 bits per heavy atom. The van der Waals surface area contributed by atoms with Crippen molar-refractivity contribution in [2.45, 2.75) is 32.2 Å². The highest BCUT2D eigenvalue weighted by Gasteiger charge is 2.29. The van der Waals surface area contributed by atoms with E-state index >= 15 is 0 Å². The van der Waals surface area contributed by atoms with Crippen molar-refractivity contribution in [3.63, 3.8) is 0 Å². The second-order valence-electron chi connectivity index (χ2n) is 10.6. The second kappa shape index (κ2) is 12.9. The number of para-hydroxylation sites is 1. The maximum atomic E-state index is 13.7. The van der Waals surface area contributed by atoms with Crippen molar-refractivity contribution in [3.05, 3.63) is 99.5 Å². The molecule has 6 nitrogen and oxygen atoms in total. The number of thioether (sulfide) groups is 1. The fraction of sp³-hybridized carbons (Fsp3) is 0.333. The van der Waals surface area contributed by atoms with Crippen LogP contribution < -0.4 is 10.2 Å². The number of fused-ring (bicyclic) bond motifs is 1. The summed E-state index contributed by atoms with van der Waals surface area (Å²) < 4.78 is 0. The normalized spacial score (nSPS) is 17.2. The molecule has 2 aliphatic rings. The van der Waals surface area contributed by atoms with E-state index in [2.05, 4.69) is 60.2 Å².